The first-order chi connectivity index (χ1) is 20.6. The predicted molar refractivity (Wildman–Crippen MR) is 168 cm³/mol. The van der Waals surface area contributed by atoms with Crippen molar-refractivity contribution in [2.24, 2.45) is 5.73 Å². The molecule has 5 rings (SSSR count). The van der Waals surface area contributed by atoms with E-state index < -0.39 is 31.8 Å². The highest BCUT2D eigenvalue weighted by atomic mass is 35.7. The molecular weight excluding hydrogens is 608 g/mol. The van der Waals surface area contributed by atoms with Gasteiger partial charge in [-0.25, -0.2) is 13.2 Å². The summed E-state index contributed by atoms with van der Waals surface area (Å²) in [5.74, 6) is -1.51. The Hall–Kier alpha value is -3.86. The number of carbonyl (C=O) groups excluding carboxylic acids is 3. The highest BCUT2D eigenvalue weighted by Crippen LogP contribution is 2.61. The summed E-state index contributed by atoms with van der Waals surface area (Å²) in [6.07, 6.45) is 4.99. The molecule has 0 fully saturated rings. The van der Waals surface area contributed by atoms with Gasteiger partial charge in [-0.3, -0.25) is 9.59 Å². The second kappa shape index (κ2) is 12.8. The SMILES string of the molecule is COC(=O)c1ccc(CCc2ccc([SH]3C4=C(CCCC4)C(C(N)=O)=C3NC(=O)c3cccc(S(=O)(=O)Cl)c3)cc2)cc1. The van der Waals surface area contributed by atoms with Gasteiger partial charge in [0.1, 0.15) is 0 Å². The van der Waals surface area contributed by atoms with Crippen LogP contribution in [0.5, 0.6) is 0 Å². The van der Waals surface area contributed by atoms with Gasteiger partial charge in [0.2, 0.25) is 0 Å². The van der Waals surface area contributed by atoms with E-state index in [0.29, 0.717) is 22.6 Å². The number of methoxy groups -OCH3 is 1. The maximum Gasteiger partial charge on any atom is 0.337 e. The molecule has 8 nitrogen and oxygen atoms in total. The van der Waals surface area contributed by atoms with Gasteiger partial charge < -0.3 is 15.8 Å². The Bertz CT molecular complexity index is 1760. The Morgan fingerprint density at radius 2 is 1.53 bits per heavy atom. The lowest BCUT2D eigenvalue weighted by Crippen LogP contribution is -2.26. The van der Waals surface area contributed by atoms with Crippen LogP contribution in [0.2, 0.25) is 0 Å². The summed E-state index contributed by atoms with van der Waals surface area (Å²) >= 11 is 0. The van der Waals surface area contributed by atoms with Crippen LogP contribution in [0.15, 0.2) is 104 Å². The van der Waals surface area contributed by atoms with Crippen molar-refractivity contribution in [3.63, 3.8) is 0 Å². The van der Waals surface area contributed by atoms with Crippen molar-refractivity contribution in [3.8, 4) is 0 Å². The summed E-state index contributed by atoms with van der Waals surface area (Å²) in [4.78, 5) is 39.8. The molecule has 0 radical (unpaired) electrons. The number of aryl methyl sites for hydroxylation is 2. The van der Waals surface area contributed by atoms with Gasteiger partial charge in [-0.15, -0.1) is 0 Å². The number of nitrogens with two attached hydrogens (primary N) is 1. The van der Waals surface area contributed by atoms with Crippen molar-refractivity contribution < 1.29 is 27.5 Å². The maximum atomic E-state index is 13.4. The fourth-order valence-corrected chi connectivity index (χ4v) is 9.10. The van der Waals surface area contributed by atoms with E-state index in [2.05, 4.69) is 17.4 Å². The standard InChI is InChI=1S/C32H31ClN2O6S2/c1-41-32(38)22-15-11-20(12-16-22)9-10-21-13-17-24(18-14-21)42-27-8-3-2-7-26(27)28(29(34)36)31(42)35-30(37)23-5-4-6-25(19-23)43(33,39)40/h4-6,11-19,42H,2-3,7-10H2,1H3,(H2,34,36)(H,35,37). The Labute approximate surface area is 257 Å². The van der Waals surface area contributed by atoms with Crippen LogP contribution in [0, 0.1) is 0 Å². The van der Waals surface area contributed by atoms with E-state index in [1.54, 1.807) is 12.1 Å². The largest absolute Gasteiger partial charge is 0.465 e. The van der Waals surface area contributed by atoms with E-state index >= 15 is 0 Å². The lowest BCUT2D eigenvalue weighted by Gasteiger charge is -2.27. The van der Waals surface area contributed by atoms with Crippen LogP contribution in [-0.4, -0.2) is 33.3 Å². The zero-order valence-electron chi connectivity index (χ0n) is 23.4. The van der Waals surface area contributed by atoms with Crippen LogP contribution in [0.4, 0.5) is 0 Å². The minimum absolute atomic E-state index is 0.104. The lowest BCUT2D eigenvalue weighted by molar-refractivity contribution is -0.114. The summed E-state index contributed by atoms with van der Waals surface area (Å²) in [5.41, 5.74) is 9.99. The summed E-state index contributed by atoms with van der Waals surface area (Å²) in [6.45, 7) is 0. The number of primary amides is 1. The van der Waals surface area contributed by atoms with Crippen LogP contribution in [0.25, 0.3) is 0 Å². The molecule has 11 heteroatoms. The molecular formula is C32H31ClN2O6S2. The Kier molecular flexibility index (Phi) is 9.10. The van der Waals surface area contributed by atoms with Crippen LogP contribution in [0.1, 0.15) is 57.5 Å². The number of rotatable bonds is 9. The first kappa shape index (κ1) is 30.6. The molecule has 3 aromatic rings. The zero-order chi connectivity index (χ0) is 30.7. The molecule has 1 atom stereocenters. The first-order valence-electron chi connectivity index (χ1n) is 13.8. The maximum absolute atomic E-state index is 13.4. The third kappa shape index (κ3) is 6.71. The van der Waals surface area contributed by atoms with E-state index in [1.165, 1.54) is 31.4 Å². The second-order valence-electron chi connectivity index (χ2n) is 10.3. The molecule has 1 heterocycles. The van der Waals surface area contributed by atoms with Crippen molar-refractivity contribution >= 4 is 48.4 Å². The minimum atomic E-state index is -4.03. The second-order valence-corrected chi connectivity index (χ2v) is 15.1. The molecule has 0 aromatic heterocycles. The molecule has 0 bridgehead atoms. The molecule has 3 N–H and O–H groups in total. The van der Waals surface area contributed by atoms with Crippen molar-refractivity contribution in [1.29, 1.82) is 0 Å². The Morgan fingerprint density at radius 3 is 2.14 bits per heavy atom. The van der Waals surface area contributed by atoms with E-state index in [-0.39, 0.29) is 16.4 Å². The Morgan fingerprint density at radius 1 is 0.907 bits per heavy atom. The number of carbonyl (C=O) groups is 3. The quantitative estimate of drug-likeness (QED) is 0.161. The van der Waals surface area contributed by atoms with Gasteiger partial charge in [-0.1, -0.05) is 30.3 Å². The molecule has 43 heavy (non-hydrogen) atoms. The molecule has 224 valence electrons. The molecule has 1 unspecified atom stereocenters. The summed E-state index contributed by atoms with van der Waals surface area (Å²) < 4.78 is 28.5. The van der Waals surface area contributed by atoms with Crippen LogP contribution in [-0.2, 0) is 31.4 Å². The highest BCUT2D eigenvalue weighted by molar-refractivity contribution is 8.24. The van der Waals surface area contributed by atoms with Gasteiger partial charge >= 0.3 is 5.97 Å². The minimum Gasteiger partial charge on any atom is -0.465 e. The molecule has 1 aliphatic heterocycles. The number of ether oxygens (including phenoxy) is 1. The van der Waals surface area contributed by atoms with Crippen LogP contribution < -0.4 is 11.1 Å². The topological polar surface area (TPSA) is 133 Å². The molecule has 0 spiro atoms. The van der Waals surface area contributed by atoms with Crippen LogP contribution >= 0.6 is 21.6 Å². The number of halogens is 1. The fourth-order valence-electron chi connectivity index (χ4n) is 5.46. The monoisotopic (exact) mass is 638 g/mol. The fraction of sp³-hybridized carbons (Fsp3) is 0.219. The molecule has 3 aromatic carbocycles. The Balaban J connectivity index is 1.41. The smallest absolute Gasteiger partial charge is 0.337 e. The molecule has 0 saturated heterocycles. The number of thiol groups is 1. The summed E-state index contributed by atoms with van der Waals surface area (Å²) in [7, 11) is 1.60. The van der Waals surface area contributed by atoms with Crippen molar-refractivity contribution in [2.45, 2.75) is 48.3 Å². The number of nitrogens with one attached hydrogen (secondary N) is 1. The predicted octanol–water partition coefficient (Wildman–Crippen LogP) is 5.51. The van der Waals surface area contributed by atoms with Gasteiger partial charge in [-0.05, 0) is 107 Å². The van der Waals surface area contributed by atoms with Crippen molar-refractivity contribution in [2.75, 3.05) is 7.11 Å². The average Bonchev–Trinajstić information content (AvgIpc) is 3.33. The first-order valence-corrected chi connectivity index (χ1v) is 17.4. The van der Waals surface area contributed by atoms with Gasteiger partial charge in [0.15, 0.2) is 0 Å². The van der Waals surface area contributed by atoms with E-state index in [0.717, 1.165) is 58.6 Å². The van der Waals surface area contributed by atoms with Gasteiger partial charge in [-0.2, -0.15) is 10.9 Å². The molecule has 2 amide bonds. The highest BCUT2D eigenvalue weighted by Gasteiger charge is 2.37. The number of hydrogen-bond acceptors (Lipinski definition) is 6. The van der Waals surface area contributed by atoms with E-state index in [9.17, 15) is 22.8 Å². The molecule has 2 aliphatic rings. The number of esters is 1. The third-order valence-electron chi connectivity index (χ3n) is 7.60. The summed E-state index contributed by atoms with van der Waals surface area (Å²) in [6, 6.07) is 21.0. The van der Waals surface area contributed by atoms with Gasteiger partial charge in [0, 0.05) is 16.2 Å². The zero-order valence-corrected chi connectivity index (χ0v) is 25.9. The number of allylic oxidation sites excluding steroid dienone is 1. The van der Waals surface area contributed by atoms with E-state index in [4.69, 9.17) is 21.2 Å². The van der Waals surface area contributed by atoms with Crippen LogP contribution in [0.3, 0.4) is 0 Å². The van der Waals surface area contributed by atoms with Gasteiger partial charge in [0.25, 0.3) is 20.9 Å². The molecule has 1 aliphatic carbocycles. The summed E-state index contributed by atoms with van der Waals surface area (Å²) in [5, 5.41) is 3.43. The van der Waals surface area contributed by atoms with Gasteiger partial charge in [0.05, 0.1) is 28.2 Å². The number of benzene rings is 3. The van der Waals surface area contributed by atoms with Crippen molar-refractivity contribution in [1.82, 2.24) is 5.32 Å². The van der Waals surface area contributed by atoms with Crippen molar-refractivity contribution in [3.05, 3.63) is 116 Å². The molecule has 0 saturated carbocycles. The normalized spacial score (nSPS) is 17.4. The average molecular weight is 639 g/mol. The third-order valence-corrected chi connectivity index (χ3v) is 11.6. The van der Waals surface area contributed by atoms with E-state index in [1.807, 2.05) is 24.3 Å². The number of hydrogen-bond donors (Lipinski definition) is 3. The lowest BCUT2D eigenvalue weighted by atomic mass is 9.93. The number of amides is 2.